The number of aryl methyl sites for hydroxylation is 1. The first kappa shape index (κ1) is 14.6. The fourth-order valence-electron chi connectivity index (χ4n) is 1.99. The Kier molecular flexibility index (Phi) is 5.03. The number of hydrogen-bond acceptors (Lipinski definition) is 1. The molecule has 0 spiro atoms. The molecule has 0 aliphatic rings. The molecule has 0 bridgehead atoms. The zero-order chi connectivity index (χ0) is 13.8. The molecule has 1 atom stereocenters. The monoisotopic (exact) mass is 338 g/mol. The Labute approximate surface area is 127 Å². The van der Waals surface area contributed by atoms with E-state index in [1.54, 1.807) is 0 Å². The number of rotatable bonds is 4. The van der Waals surface area contributed by atoms with Crippen LogP contribution in [-0.2, 0) is 12.8 Å². The molecule has 2 aromatic carbocycles. The van der Waals surface area contributed by atoms with Crippen LogP contribution in [0.5, 0.6) is 0 Å². The molecule has 0 fully saturated rings. The van der Waals surface area contributed by atoms with Crippen molar-refractivity contribution in [1.82, 2.24) is 0 Å². The summed E-state index contributed by atoms with van der Waals surface area (Å²) < 4.78 is 0.947. The SMILES string of the molecule is CCc1ccc(C(O)Cc2ccc(Br)cc2Cl)cc1. The molecule has 1 N–H and O–H groups in total. The normalized spacial score (nSPS) is 12.4. The summed E-state index contributed by atoms with van der Waals surface area (Å²) in [5.74, 6) is 0. The summed E-state index contributed by atoms with van der Waals surface area (Å²) in [6, 6.07) is 13.8. The molecular weight excluding hydrogens is 324 g/mol. The lowest BCUT2D eigenvalue weighted by atomic mass is 10.00. The molecule has 0 aromatic heterocycles. The predicted octanol–water partition coefficient (Wildman–Crippen LogP) is 4.94. The van der Waals surface area contributed by atoms with Gasteiger partial charge in [-0.2, -0.15) is 0 Å². The second-order valence-electron chi connectivity index (χ2n) is 4.55. The third kappa shape index (κ3) is 3.82. The van der Waals surface area contributed by atoms with Crippen molar-refractivity contribution in [3.05, 3.63) is 68.7 Å². The van der Waals surface area contributed by atoms with Crippen LogP contribution in [0, 0.1) is 0 Å². The third-order valence-corrected chi connectivity index (χ3v) is 4.05. The fraction of sp³-hybridized carbons (Fsp3) is 0.250. The van der Waals surface area contributed by atoms with Crippen LogP contribution < -0.4 is 0 Å². The van der Waals surface area contributed by atoms with Gasteiger partial charge in [0.15, 0.2) is 0 Å². The maximum Gasteiger partial charge on any atom is 0.0830 e. The summed E-state index contributed by atoms with van der Waals surface area (Å²) in [7, 11) is 0. The maximum atomic E-state index is 10.3. The summed E-state index contributed by atoms with van der Waals surface area (Å²) in [6.07, 6.45) is 1.01. The molecule has 0 amide bonds. The van der Waals surface area contributed by atoms with Crippen LogP contribution in [0.1, 0.15) is 29.7 Å². The predicted molar refractivity (Wildman–Crippen MR) is 83.6 cm³/mol. The molecule has 19 heavy (non-hydrogen) atoms. The van der Waals surface area contributed by atoms with Crippen molar-refractivity contribution in [2.45, 2.75) is 25.9 Å². The lowest BCUT2D eigenvalue weighted by molar-refractivity contribution is 0.178. The number of benzene rings is 2. The Morgan fingerprint density at radius 3 is 2.42 bits per heavy atom. The van der Waals surface area contributed by atoms with E-state index in [1.165, 1.54) is 5.56 Å². The number of aliphatic hydroxyl groups excluding tert-OH is 1. The topological polar surface area (TPSA) is 20.2 Å². The zero-order valence-electron chi connectivity index (χ0n) is 10.7. The van der Waals surface area contributed by atoms with E-state index in [4.69, 9.17) is 11.6 Å². The van der Waals surface area contributed by atoms with Gasteiger partial charge in [0.2, 0.25) is 0 Å². The van der Waals surface area contributed by atoms with Crippen LogP contribution in [-0.4, -0.2) is 5.11 Å². The van der Waals surface area contributed by atoms with E-state index in [2.05, 4.69) is 35.0 Å². The molecule has 0 saturated carbocycles. The summed E-state index contributed by atoms with van der Waals surface area (Å²) in [6.45, 7) is 2.12. The summed E-state index contributed by atoms with van der Waals surface area (Å²) in [5, 5.41) is 10.9. The van der Waals surface area contributed by atoms with Gasteiger partial charge in [-0.05, 0) is 35.2 Å². The van der Waals surface area contributed by atoms with Gasteiger partial charge in [-0.25, -0.2) is 0 Å². The van der Waals surface area contributed by atoms with Crippen molar-refractivity contribution < 1.29 is 5.11 Å². The first-order valence-electron chi connectivity index (χ1n) is 6.31. The highest BCUT2D eigenvalue weighted by atomic mass is 79.9. The lowest BCUT2D eigenvalue weighted by Gasteiger charge is -2.13. The van der Waals surface area contributed by atoms with Crippen molar-refractivity contribution in [2.75, 3.05) is 0 Å². The van der Waals surface area contributed by atoms with Gasteiger partial charge in [-0.3, -0.25) is 0 Å². The van der Waals surface area contributed by atoms with Crippen molar-refractivity contribution in [2.24, 2.45) is 0 Å². The lowest BCUT2D eigenvalue weighted by Crippen LogP contribution is -2.02. The van der Waals surface area contributed by atoms with Crippen LogP contribution in [0.25, 0.3) is 0 Å². The number of hydrogen-bond donors (Lipinski definition) is 1. The summed E-state index contributed by atoms with van der Waals surface area (Å²) >= 11 is 9.54. The zero-order valence-corrected chi connectivity index (χ0v) is 13.1. The standard InChI is InChI=1S/C16H16BrClO/c1-2-11-3-5-12(6-4-11)16(19)9-13-7-8-14(17)10-15(13)18/h3-8,10,16,19H,2,9H2,1H3. The number of halogens is 2. The van der Waals surface area contributed by atoms with Gasteiger partial charge in [0, 0.05) is 15.9 Å². The van der Waals surface area contributed by atoms with Gasteiger partial charge >= 0.3 is 0 Å². The summed E-state index contributed by atoms with van der Waals surface area (Å²) in [4.78, 5) is 0. The quantitative estimate of drug-likeness (QED) is 0.836. The first-order valence-corrected chi connectivity index (χ1v) is 7.48. The van der Waals surface area contributed by atoms with E-state index in [0.717, 1.165) is 22.0 Å². The van der Waals surface area contributed by atoms with E-state index in [9.17, 15) is 5.11 Å². The number of aliphatic hydroxyl groups is 1. The van der Waals surface area contributed by atoms with Crippen LogP contribution in [0.15, 0.2) is 46.9 Å². The van der Waals surface area contributed by atoms with E-state index in [0.29, 0.717) is 11.4 Å². The van der Waals surface area contributed by atoms with Crippen LogP contribution >= 0.6 is 27.5 Å². The van der Waals surface area contributed by atoms with Crippen molar-refractivity contribution in [3.8, 4) is 0 Å². The van der Waals surface area contributed by atoms with Crippen LogP contribution in [0.4, 0.5) is 0 Å². The molecule has 2 aromatic rings. The van der Waals surface area contributed by atoms with Crippen LogP contribution in [0.3, 0.4) is 0 Å². The summed E-state index contributed by atoms with van der Waals surface area (Å²) in [5.41, 5.74) is 3.16. The Balaban J connectivity index is 2.13. The highest BCUT2D eigenvalue weighted by Gasteiger charge is 2.11. The van der Waals surface area contributed by atoms with Gasteiger partial charge in [0.25, 0.3) is 0 Å². The van der Waals surface area contributed by atoms with Crippen molar-refractivity contribution in [3.63, 3.8) is 0 Å². The minimum absolute atomic E-state index is 0.524. The molecule has 1 unspecified atom stereocenters. The second kappa shape index (κ2) is 6.56. The van der Waals surface area contributed by atoms with E-state index < -0.39 is 6.10 Å². The molecule has 1 nitrogen and oxygen atoms in total. The minimum atomic E-state index is -0.524. The molecule has 2 rings (SSSR count). The smallest absolute Gasteiger partial charge is 0.0830 e. The van der Waals surface area contributed by atoms with Gasteiger partial charge in [0.05, 0.1) is 6.10 Å². The molecular formula is C16H16BrClO. The average molecular weight is 340 g/mol. The highest BCUT2D eigenvalue weighted by molar-refractivity contribution is 9.10. The van der Waals surface area contributed by atoms with Gasteiger partial charge < -0.3 is 5.11 Å². The molecule has 0 radical (unpaired) electrons. The van der Waals surface area contributed by atoms with Gasteiger partial charge in [0.1, 0.15) is 0 Å². The Morgan fingerprint density at radius 1 is 1.16 bits per heavy atom. The maximum absolute atomic E-state index is 10.3. The minimum Gasteiger partial charge on any atom is -0.388 e. The molecule has 0 heterocycles. The molecule has 0 aliphatic heterocycles. The largest absolute Gasteiger partial charge is 0.388 e. The Hall–Kier alpha value is -0.830. The molecule has 3 heteroatoms. The van der Waals surface area contributed by atoms with Crippen LogP contribution in [0.2, 0.25) is 5.02 Å². The van der Waals surface area contributed by atoms with Gasteiger partial charge in [-0.1, -0.05) is 64.8 Å². The van der Waals surface area contributed by atoms with E-state index >= 15 is 0 Å². The highest BCUT2D eigenvalue weighted by Crippen LogP contribution is 2.26. The van der Waals surface area contributed by atoms with Crippen molar-refractivity contribution in [1.29, 1.82) is 0 Å². The second-order valence-corrected chi connectivity index (χ2v) is 5.87. The Bertz CT molecular complexity index is 551. The van der Waals surface area contributed by atoms with Crippen molar-refractivity contribution >= 4 is 27.5 Å². The van der Waals surface area contributed by atoms with Gasteiger partial charge in [-0.15, -0.1) is 0 Å². The van der Waals surface area contributed by atoms with E-state index in [1.807, 2.05) is 30.3 Å². The Morgan fingerprint density at radius 2 is 1.84 bits per heavy atom. The van der Waals surface area contributed by atoms with E-state index in [-0.39, 0.29) is 0 Å². The third-order valence-electron chi connectivity index (χ3n) is 3.20. The molecule has 100 valence electrons. The first-order chi connectivity index (χ1) is 9.10. The molecule has 0 aliphatic carbocycles. The average Bonchev–Trinajstić information content (AvgIpc) is 2.42. The molecule has 0 saturated heterocycles. The fourth-order valence-corrected chi connectivity index (χ4v) is 2.74.